The van der Waals surface area contributed by atoms with Gasteiger partial charge < -0.3 is 14.8 Å². The molecule has 2 rings (SSSR count). The average molecular weight is 261 g/mol. The Bertz CT molecular complexity index is 468. The van der Waals surface area contributed by atoms with E-state index < -0.39 is 0 Å². The summed E-state index contributed by atoms with van der Waals surface area (Å²) in [5, 5.41) is 2.86. The minimum absolute atomic E-state index is 0.0613. The Labute approximate surface area is 113 Å². The van der Waals surface area contributed by atoms with Gasteiger partial charge in [0.05, 0.1) is 0 Å². The Morgan fingerprint density at radius 3 is 3.00 bits per heavy atom. The maximum absolute atomic E-state index is 11.6. The smallest absolute Gasteiger partial charge is 0.243 e. The maximum Gasteiger partial charge on any atom is 0.243 e. The predicted octanol–water partition coefficient (Wildman–Crippen LogP) is 2.73. The molecule has 0 atom stereocenters. The van der Waals surface area contributed by atoms with Gasteiger partial charge in [0.2, 0.25) is 12.7 Å². The third-order valence-corrected chi connectivity index (χ3v) is 2.90. The highest BCUT2D eigenvalue weighted by atomic mass is 16.7. The molecular formula is C15H19NO3. The van der Waals surface area contributed by atoms with Crippen molar-refractivity contribution in [2.45, 2.75) is 26.2 Å². The number of benzene rings is 1. The Morgan fingerprint density at radius 2 is 2.16 bits per heavy atom. The second-order valence-corrected chi connectivity index (χ2v) is 4.44. The third kappa shape index (κ3) is 4.02. The number of carbonyl (C=O) groups is 1. The summed E-state index contributed by atoms with van der Waals surface area (Å²) in [6, 6.07) is 5.61. The van der Waals surface area contributed by atoms with E-state index >= 15 is 0 Å². The van der Waals surface area contributed by atoms with Gasteiger partial charge in [0.25, 0.3) is 0 Å². The molecule has 0 spiro atoms. The van der Waals surface area contributed by atoms with Crippen molar-refractivity contribution in [1.82, 2.24) is 5.32 Å². The summed E-state index contributed by atoms with van der Waals surface area (Å²) in [4.78, 5) is 11.6. The molecule has 102 valence electrons. The molecule has 4 nitrogen and oxygen atoms in total. The maximum atomic E-state index is 11.6. The topological polar surface area (TPSA) is 47.6 Å². The number of unbranched alkanes of at least 4 members (excludes halogenated alkanes) is 2. The summed E-state index contributed by atoms with van der Waals surface area (Å²) in [6.07, 6.45) is 6.65. The van der Waals surface area contributed by atoms with Gasteiger partial charge in [-0.05, 0) is 30.2 Å². The van der Waals surface area contributed by atoms with Crippen LogP contribution in [-0.4, -0.2) is 19.2 Å². The first-order valence-corrected chi connectivity index (χ1v) is 6.65. The van der Waals surface area contributed by atoms with Crippen LogP contribution in [0.1, 0.15) is 31.7 Å². The summed E-state index contributed by atoms with van der Waals surface area (Å²) < 4.78 is 10.5. The molecule has 0 unspecified atom stereocenters. The van der Waals surface area contributed by atoms with E-state index in [0.717, 1.165) is 42.9 Å². The van der Waals surface area contributed by atoms with Crippen LogP contribution in [0.4, 0.5) is 0 Å². The molecule has 1 aromatic carbocycles. The van der Waals surface area contributed by atoms with Crippen LogP contribution < -0.4 is 14.8 Å². The quantitative estimate of drug-likeness (QED) is 0.632. The first-order chi connectivity index (χ1) is 9.29. The second kappa shape index (κ2) is 6.83. The normalized spacial score (nSPS) is 12.9. The van der Waals surface area contributed by atoms with E-state index in [4.69, 9.17) is 9.47 Å². The van der Waals surface area contributed by atoms with Crippen LogP contribution in [0, 0.1) is 0 Å². The van der Waals surface area contributed by atoms with E-state index in [-0.39, 0.29) is 12.7 Å². The van der Waals surface area contributed by atoms with E-state index in [9.17, 15) is 4.79 Å². The lowest BCUT2D eigenvalue weighted by Crippen LogP contribution is -2.21. The van der Waals surface area contributed by atoms with Gasteiger partial charge in [0.15, 0.2) is 11.5 Å². The van der Waals surface area contributed by atoms with Crippen LogP contribution in [-0.2, 0) is 4.79 Å². The number of amides is 1. The molecule has 1 aromatic rings. The van der Waals surface area contributed by atoms with Crippen LogP contribution in [0.5, 0.6) is 11.5 Å². The van der Waals surface area contributed by atoms with Gasteiger partial charge in [-0.15, -0.1) is 0 Å². The monoisotopic (exact) mass is 261 g/mol. The van der Waals surface area contributed by atoms with Gasteiger partial charge >= 0.3 is 0 Å². The molecule has 0 saturated heterocycles. The highest BCUT2D eigenvalue weighted by molar-refractivity contribution is 5.91. The van der Waals surface area contributed by atoms with Crippen molar-refractivity contribution in [3.63, 3.8) is 0 Å². The van der Waals surface area contributed by atoms with E-state index in [2.05, 4.69) is 12.2 Å². The van der Waals surface area contributed by atoms with Crippen LogP contribution >= 0.6 is 0 Å². The summed E-state index contributed by atoms with van der Waals surface area (Å²) in [5.41, 5.74) is 0.924. The molecule has 0 aliphatic carbocycles. The zero-order valence-electron chi connectivity index (χ0n) is 11.1. The number of nitrogens with one attached hydrogen (secondary N) is 1. The van der Waals surface area contributed by atoms with Gasteiger partial charge in [-0.3, -0.25) is 4.79 Å². The second-order valence-electron chi connectivity index (χ2n) is 4.44. The molecule has 4 heteroatoms. The molecule has 1 amide bonds. The Kier molecular flexibility index (Phi) is 4.84. The van der Waals surface area contributed by atoms with Crippen molar-refractivity contribution in [3.05, 3.63) is 29.8 Å². The van der Waals surface area contributed by atoms with Crippen molar-refractivity contribution in [2.75, 3.05) is 13.3 Å². The highest BCUT2D eigenvalue weighted by Crippen LogP contribution is 2.32. The third-order valence-electron chi connectivity index (χ3n) is 2.90. The minimum Gasteiger partial charge on any atom is -0.454 e. The van der Waals surface area contributed by atoms with Crippen molar-refractivity contribution in [3.8, 4) is 11.5 Å². The van der Waals surface area contributed by atoms with E-state index in [1.165, 1.54) is 0 Å². The first kappa shape index (κ1) is 13.5. The number of hydrogen-bond acceptors (Lipinski definition) is 3. The Balaban J connectivity index is 1.83. The van der Waals surface area contributed by atoms with Crippen LogP contribution in [0.2, 0.25) is 0 Å². The van der Waals surface area contributed by atoms with Gasteiger partial charge in [0, 0.05) is 12.6 Å². The van der Waals surface area contributed by atoms with Crippen molar-refractivity contribution >= 4 is 12.0 Å². The molecule has 19 heavy (non-hydrogen) atoms. The first-order valence-electron chi connectivity index (χ1n) is 6.65. The van der Waals surface area contributed by atoms with E-state index in [1.54, 1.807) is 12.2 Å². The molecule has 1 aliphatic rings. The zero-order valence-corrected chi connectivity index (χ0v) is 11.1. The predicted molar refractivity (Wildman–Crippen MR) is 74.1 cm³/mol. The SMILES string of the molecule is CCCCCNC(=O)C=Cc1ccc2c(c1)OCO2. The fourth-order valence-corrected chi connectivity index (χ4v) is 1.83. The fourth-order valence-electron chi connectivity index (χ4n) is 1.83. The van der Waals surface area contributed by atoms with Crippen LogP contribution in [0.25, 0.3) is 6.08 Å². The number of rotatable bonds is 6. The number of ether oxygens (including phenoxy) is 2. The lowest BCUT2D eigenvalue weighted by molar-refractivity contribution is -0.116. The molecule has 0 saturated carbocycles. The van der Waals surface area contributed by atoms with Gasteiger partial charge in [0.1, 0.15) is 0 Å². The Hall–Kier alpha value is -1.97. The van der Waals surface area contributed by atoms with E-state index in [0.29, 0.717) is 0 Å². The Morgan fingerprint density at radius 1 is 1.32 bits per heavy atom. The number of fused-ring (bicyclic) bond motifs is 1. The molecule has 0 radical (unpaired) electrons. The van der Waals surface area contributed by atoms with Crippen molar-refractivity contribution in [1.29, 1.82) is 0 Å². The molecule has 1 heterocycles. The van der Waals surface area contributed by atoms with Gasteiger partial charge in [-0.1, -0.05) is 25.8 Å². The van der Waals surface area contributed by atoms with Crippen LogP contribution in [0.3, 0.4) is 0 Å². The lowest BCUT2D eigenvalue weighted by atomic mass is 10.2. The lowest BCUT2D eigenvalue weighted by Gasteiger charge is -2.01. The number of carbonyl (C=O) groups excluding carboxylic acids is 1. The summed E-state index contributed by atoms with van der Waals surface area (Å²) >= 11 is 0. The van der Waals surface area contributed by atoms with Crippen molar-refractivity contribution in [2.24, 2.45) is 0 Å². The van der Waals surface area contributed by atoms with E-state index in [1.807, 2.05) is 18.2 Å². The minimum atomic E-state index is -0.0613. The molecule has 1 N–H and O–H groups in total. The number of hydrogen-bond donors (Lipinski definition) is 1. The summed E-state index contributed by atoms with van der Waals surface area (Å²) in [7, 11) is 0. The molecule has 0 bridgehead atoms. The molecular weight excluding hydrogens is 242 g/mol. The van der Waals surface area contributed by atoms with Gasteiger partial charge in [-0.2, -0.15) is 0 Å². The largest absolute Gasteiger partial charge is 0.454 e. The molecule has 0 fully saturated rings. The fraction of sp³-hybridized carbons (Fsp3) is 0.400. The van der Waals surface area contributed by atoms with Gasteiger partial charge in [-0.25, -0.2) is 0 Å². The average Bonchev–Trinajstić information content (AvgIpc) is 2.89. The molecule has 1 aliphatic heterocycles. The zero-order chi connectivity index (χ0) is 13.5. The van der Waals surface area contributed by atoms with Crippen molar-refractivity contribution < 1.29 is 14.3 Å². The highest BCUT2D eigenvalue weighted by Gasteiger charge is 2.12. The molecule has 0 aromatic heterocycles. The van der Waals surface area contributed by atoms with Crippen LogP contribution in [0.15, 0.2) is 24.3 Å². The summed E-state index contributed by atoms with van der Waals surface area (Å²) in [6.45, 7) is 3.14. The summed E-state index contributed by atoms with van der Waals surface area (Å²) in [5.74, 6) is 1.42. The standard InChI is InChI=1S/C15H19NO3/c1-2-3-4-9-16-15(17)8-6-12-5-7-13-14(10-12)19-11-18-13/h5-8,10H,2-4,9,11H2,1H3,(H,16,17).